The van der Waals surface area contributed by atoms with Gasteiger partial charge in [-0.05, 0) is 70.7 Å². The van der Waals surface area contributed by atoms with Gasteiger partial charge in [-0.2, -0.15) is 0 Å². The largest absolute Gasteiger partial charge is 0.444 e. The smallest absolute Gasteiger partial charge is 0.410 e. The van der Waals surface area contributed by atoms with Crippen LogP contribution in [0.4, 0.5) is 10.5 Å². The lowest BCUT2D eigenvalue weighted by molar-refractivity contribution is -0.121. The molecule has 0 bridgehead atoms. The van der Waals surface area contributed by atoms with Crippen molar-refractivity contribution in [2.24, 2.45) is 5.92 Å². The lowest BCUT2D eigenvalue weighted by Gasteiger charge is -2.33. The summed E-state index contributed by atoms with van der Waals surface area (Å²) >= 11 is 0. The number of carbonyl (C=O) groups is 3. The lowest BCUT2D eigenvalue weighted by Crippen LogP contribution is -2.43. The number of likely N-dealkylation sites (tertiary alicyclic amines) is 1. The summed E-state index contributed by atoms with van der Waals surface area (Å²) < 4.78 is 5.41. The highest BCUT2D eigenvalue weighted by Crippen LogP contribution is 2.24. The fourth-order valence-electron chi connectivity index (χ4n) is 4.43. The molecule has 1 aromatic rings. The first-order valence-corrected chi connectivity index (χ1v) is 11.8. The molecule has 2 aliphatic rings. The zero-order chi connectivity index (χ0) is 23.3. The highest BCUT2D eigenvalue weighted by molar-refractivity contribution is 5.96. The Hall–Kier alpha value is -2.57. The minimum atomic E-state index is -0.524. The van der Waals surface area contributed by atoms with E-state index in [9.17, 15) is 14.4 Å². The van der Waals surface area contributed by atoms with E-state index in [0.717, 1.165) is 12.8 Å². The van der Waals surface area contributed by atoms with E-state index in [1.54, 1.807) is 29.2 Å². The van der Waals surface area contributed by atoms with E-state index in [-0.39, 0.29) is 23.8 Å². The van der Waals surface area contributed by atoms with Crippen molar-refractivity contribution in [3.63, 3.8) is 0 Å². The number of rotatable bonds is 4. The minimum absolute atomic E-state index is 0.0318. The molecule has 2 fully saturated rings. The summed E-state index contributed by atoms with van der Waals surface area (Å²) in [5.41, 5.74) is 0.799. The van der Waals surface area contributed by atoms with Gasteiger partial charge in [0.15, 0.2) is 0 Å². The molecule has 0 atom stereocenters. The van der Waals surface area contributed by atoms with Crippen LogP contribution in [0.5, 0.6) is 0 Å². The quantitative estimate of drug-likeness (QED) is 0.733. The minimum Gasteiger partial charge on any atom is -0.444 e. The van der Waals surface area contributed by atoms with Crippen LogP contribution in [-0.2, 0) is 9.53 Å². The predicted molar refractivity (Wildman–Crippen MR) is 125 cm³/mol. The van der Waals surface area contributed by atoms with Crippen LogP contribution in [0.1, 0.15) is 76.1 Å². The number of piperidine rings is 1. The van der Waals surface area contributed by atoms with Crippen LogP contribution in [-0.4, -0.2) is 59.5 Å². The third-order valence-electron chi connectivity index (χ3n) is 6.36. The Morgan fingerprint density at radius 3 is 2.12 bits per heavy atom. The molecular formula is C25H37N3O4. The fourth-order valence-corrected chi connectivity index (χ4v) is 4.43. The van der Waals surface area contributed by atoms with E-state index < -0.39 is 5.60 Å². The normalized spacial score (nSPS) is 18.2. The predicted octanol–water partition coefficient (Wildman–Crippen LogP) is 4.68. The molecule has 1 aromatic carbocycles. The summed E-state index contributed by atoms with van der Waals surface area (Å²) in [6.45, 7) is 6.55. The fraction of sp³-hybridized carbons (Fsp3) is 0.640. The number of nitrogens with zero attached hydrogens (tertiary/aromatic N) is 2. The number of amides is 3. The molecule has 0 spiro atoms. The van der Waals surface area contributed by atoms with Gasteiger partial charge in [-0.1, -0.05) is 19.3 Å². The number of ether oxygens (including phenoxy) is 1. The van der Waals surface area contributed by atoms with E-state index in [4.69, 9.17) is 4.74 Å². The van der Waals surface area contributed by atoms with Gasteiger partial charge < -0.3 is 19.9 Å². The first kappa shape index (κ1) is 24.1. The van der Waals surface area contributed by atoms with Crippen molar-refractivity contribution < 1.29 is 19.1 Å². The second-order valence-corrected chi connectivity index (χ2v) is 10.0. The molecule has 0 aromatic heterocycles. The van der Waals surface area contributed by atoms with E-state index in [1.165, 1.54) is 19.3 Å². The SMILES string of the molecule is CN(C(=O)c1ccc(NC(=O)C2CCN(C(=O)OC(C)(C)C)CC2)cc1)C1CCCCC1. The maximum atomic E-state index is 12.8. The van der Waals surface area contributed by atoms with Gasteiger partial charge in [-0.3, -0.25) is 9.59 Å². The van der Waals surface area contributed by atoms with Gasteiger partial charge in [0, 0.05) is 43.3 Å². The van der Waals surface area contributed by atoms with Gasteiger partial charge in [0.1, 0.15) is 5.60 Å². The number of nitrogens with one attached hydrogen (secondary N) is 1. The van der Waals surface area contributed by atoms with Crippen molar-refractivity contribution in [1.29, 1.82) is 0 Å². The van der Waals surface area contributed by atoms with Crippen LogP contribution in [0, 0.1) is 5.92 Å². The molecule has 176 valence electrons. The van der Waals surface area contributed by atoms with E-state index in [0.29, 0.717) is 43.2 Å². The summed E-state index contributed by atoms with van der Waals surface area (Å²) in [4.78, 5) is 41.2. The van der Waals surface area contributed by atoms with Gasteiger partial charge >= 0.3 is 6.09 Å². The third-order valence-corrected chi connectivity index (χ3v) is 6.36. The molecule has 1 heterocycles. The molecule has 1 saturated carbocycles. The number of hydrogen-bond acceptors (Lipinski definition) is 4. The Balaban J connectivity index is 1.48. The van der Waals surface area contributed by atoms with Crippen molar-refractivity contribution in [3.8, 4) is 0 Å². The first-order valence-electron chi connectivity index (χ1n) is 11.8. The molecule has 3 rings (SSSR count). The van der Waals surface area contributed by atoms with E-state index in [2.05, 4.69) is 5.32 Å². The number of benzene rings is 1. The molecule has 3 amide bonds. The molecule has 1 N–H and O–H groups in total. The maximum Gasteiger partial charge on any atom is 0.410 e. The highest BCUT2D eigenvalue weighted by atomic mass is 16.6. The van der Waals surface area contributed by atoms with Gasteiger partial charge in [0.2, 0.25) is 5.91 Å². The van der Waals surface area contributed by atoms with Gasteiger partial charge in [0.25, 0.3) is 5.91 Å². The average Bonchev–Trinajstić information content (AvgIpc) is 2.78. The van der Waals surface area contributed by atoms with Crippen LogP contribution in [0.2, 0.25) is 0 Å². The Morgan fingerprint density at radius 2 is 1.56 bits per heavy atom. The zero-order valence-electron chi connectivity index (χ0n) is 19.9. The summed E-state index contributed by atoms with van der Waals surface area (Å²) in [5.74, 6) is -0.163. The molecule has 1 aliphatic heterocycles. The van der Waals surface area contributed by atoms with Crippen molar-refractivity contribution >= 4 is 23.6 Å². The summed E-state index contributed by atoms with van der Waals surface area (Å²) in [7, 11) is 1.89. The zero-order valence-corrected chi connectivity index (χ0v) is 19.9. The molecular weight excluding hydrogens is 406 g/mol. The Morgan fingerprint density at radius 1 is 0.969 bits per heavy atom. The summed E-state index contributed by atoms with van der Waals surface area (Å²) in [6, 6.07) is 7.46. The molecule has 0 radical (unpaired) electrons. The van der Waals surface area contributed by atoms with Crippen LogP contribution >= 0.6 is 0 Å². The monoisotopic (exact) mass is 443 g/mol. The molecule has 1 aliphatic carbocycles. The molecule has 7 nitrogen and oxygen atoms in total. The standard InChI is InChI=1S/C25H37N3O4/c1-25(2,3)32-24(31)28-16-14-18(15-17-28)22(29)26-20-12-10-19(11-13-20)23(30)27(4)21-8-6-5-7-9-21/h10-13,18,21H,5-9,14-17H2,1-4H3,(H,26,29). The van der Waals surface area contributed by atoms with Crippen molar-refractivity contribution in [2.75, 3.05) is 25.5 Å². The number of hydrogen-bond donors (Lipinski definition) is 1. The highest BCUT2D eigenvalue weighted by Gasteiger charge is 2.30. The number of anilines is 1. The van der Waals surface area contributed by atoms with Crippen molar-refractivity contribution in [2.45, 2.75) is 77.4 Å². The maximum absolute atomic E-state index is 12.8. The molecule has 1 saturated heterocycles. The summed E-state index contributed by atoms with van der Waals surface area (Å²) in [6.07, 6.45) is 6.66. The van der Waals surface area contributed by atoms with Gasteiger partial charge in [-0.25, -0.2) is 4.79 Å². The average molecular weight is 444 g/mol. The Kier molecular flexibility index (Phi) is 7.80. The van der Waals surface area contributed by atoms with Gasteiger partial charge in [0.05, 0.1) is 0 Å². The first-order chi connectivity index (χ1) is 15.1. The Bertz CT molecular complexity index is 801. The molecule has 0 unspecified atom stereocenters. The Labute approximate surface area is 191 Å². The van der Waals surface area contributed by atoms with E-state index >= 15 is 0 Å². The second kappa shape index (κ2) is 10.4. The lowest BCUT2D eigenvalue weighted by atomic mass is 9.94. The van der Waals surface area contributed by atoms with Crippen LogP contribution in [0.15, 0.2) is 24.3 Å². The van der Waals surface area contributed by atoms with Crippen LogP contribution < -0.4 is 5.32 Å². The van der Waals surface area contributed by atoms with Crippen molar-refractivity contribution in [3.05, 3.63) is 29.8 Å². The summed E-state index contributed by atoms with van der Waals surface area (Å²) in [5, 5.41) is 2.95. The number of carbonyl (C=O) groups excluding carboxylic acids is 3. The van der Waals surface area contributed by atoms with Crippen molar-refractivity contribution in [1.82, 2.24) is 9.80 Å². The van der Waals surface area contributed by atoms with Gasteiger partial charge in [-0.15, -0.1) is 0 Å². The van der Waals surface area contributed by atoms with E-state index in [1.807, 2.05) is 32.7 Å². The third kappa shape index (κ3) is 6.47. The van der Waals surface area contributed by atoms with Crippen LogP contribution in [0.3, 0.4) is 0 Å². The topological polar surface area (TPSA) is 79.0 Å². The molecule has 7 heteroatoms. The second-order valence-electron chi connectivity index (χ2n) is 10.0. The van der Waals surface area contributed by atoms with Crippen LogP contribution in [0.25, 0.3) is 0 Å². The molecule has 32 heavy (non-hydrogen) atoms.